The number of aromatic nitrogens is 2. The summed E-state index contributed by atoms with van der Waals surface area (Å²) >= 11 is 0. The van der Waals surface area contributed by atoms with Gasteiger partial charge in [-0.05, 0) is 13.0 Å². The SMILES string of the molecule is Cc1cc(C(=N)N)nc(OCC(F)(F)C(F)F)n1. The number of hydrogen-bond acceptors (Lipinski definition) is 4. The van der Waals surface area contributed by atoms with Crippen molar-refractivity contribution in [1.29, 1.82) is 5.41 Å². The number of ether oxygens (including phenoxy) is 1. The molecule has 0 aromatic carbocycles. The number of aryl methyl sites for hydroxylation is 1. The van der Waals surface area contributed by atoms with Gasteiger partial charge >= 0.3 is 18.4 Å². The van der Waals surface area contributed by atoms with Gasteiger partial charge in [-0.2, -0.15) is 13.8 Å². The van der Waals surface area contributed by atoms with Crippen LogP contribution in [-0.2, 0) is 0 Å². The Hall–Kier alpha value is -1.93. The summed E-state index contributed by atoms with van der Waals surface area (Å²) in [5.41, 5.74) is 5.43. The van der Waals surface area contributed by atoms with Crippen LogP contribution in [0.2, 0.25) is 0 Å². The fourth-order valence-electron chi connectivity index (χ4n) is 0.968. The zero-order valence-corrected chi connectivity index (χ0v) is 9.25. The topological polar surface area (TPSA) is 84.9 Å². The van der Waals surface area contributed by atoms with Crippen LogP contribution in [0.1, 0.15) is 11.4 Å². The van der Waals surface area contributed by atoms with Gasteiger partial charge in [0.1, 0.15) is 11.5 Å². The van der Waals surface area contributed by atoms with Crippen molar-refractivity contribution >= 4 is 5.84 Å². The molecule has 0 aliphatic heterocycles. The maximum Gasteiger partial charge on any atom is 0.340 e. The largest absolute Gasteiger partial charge is 0.457 e. The number of nitrogens with zero attached hydrogens (tertiary/aromatic N) is 2. The second-order valence-corrected chi connectivity index (χ2v) is 3.44. The molecule has 1 rings (SSSR count). The van der Waals surface area contributed by atoms with Crippen molar-refractivity contribution in [3.63, 3.8) is 0 Å². The molecule has 0 spiro atoms. The molecular formula is C9H10F4N4O. The summed E-state index contributed by atoms with van der Waals surface area (Å²) < 4.78 is 53.3. The fourth-order valence-corrected chi connectivity index (χ4v) is 0.968. The number of nitrogen functional groups attached to an aromatic ring is 1. The molecule has 3 N–H and O–H groups in total. The zero-order chi connectivity index (χ0) is 13.9. The number of amidine groups is 1. The minimum absolute atomic E-state index is 0.0298. The molecular weight excluding hydrogens is 256 g/mol. The van der Waals surface area contributed by atoms with Crippen molar-refractivity contribution in [3.05, 3.63) is 17.5 Å². The summed E-state index contributed by atoms with van der Waals surface area (Å²) in [5.74, 6) is -4.70. The summed E-state index contributed by atoms with van der Waals surface area (Å²) in [6.07, 6.45) is -3.84. The first-order valence-corrected chi connectivity index (χ1v) is 4.71. The monoisotopic (exact) mass is 266 g/mol. The van der Waals surface area contributed by atoms with E-state index in [0.717, 1.165) is 0 Å². The smallest absolute Gasteiger partial charge is 0.340 e. The molecule has 0 bridgehead atoms. The molecule has 0 radical (unpaired) electrons. The van der Waals surface area contributed by atoms with Crippen LogP contribution in [0.15, 0.2) is 6.07 Å². The maximum absolute atomic E-state index is 12.6. The van der Waals surface area contributed by atoms with Gasteiger partial charge in [0.2, 0.25) is 0 Å². The Morgan fingerprint density at radius 3 is 2.61 bits per heavy atom. The van der Waals surface area contributed by atoms with Crippen molar-refractivity contribution < 1.29 is 22.3 Å². The second kappa shape index (κ2) is 5.15. The molecule has 18 heavy (non-hydrogen) atoms. The van der Waals surface area contributed by atoms with Gasteiger partial charge in [-0.3, -0.25) is 5.41 Å². The van der Waals surface area contributed by atoms with E-state index in [1.807, 2.05) is 0 Å². The van der Waals surface area contributed by atoms with Gasteiger partial charge < -0.3 is 10.5 Å². The molecule has 100 valence electrons. The van der Waals surface area contributed by atoms with Crippen molar-refractivity contribution in [2.24, 2.45) is 5.73 Å². The van der Waals surface area contributed by atoms with Gasteiger partial charge in [-0.25, -0.2) is 13.8 Å². The molecule has 0 unspecified atom stereocenters. The van der Waals surface area contributed by atoms with E-state index < -0.39 is 30.8 Å². The normalized spacial score (nSPS) is 11.7. The fraction of sp³-hybridized carbons (Fsp3) is 0.444. The Kier molecular flexibility index (Phi) is 4.04. The Labute approximate surface area is 99.5 Å². The Bertz CT molecular complexity index is 452. The van der Waals surface area contributed by atoms with Crippen LogP contribution in [0.3, 0.4) is 0 Å². The van der Waals surface area contributed by atoms with Crippen molar-refractivity contribution in [2.45, 2.75) is 19.3 Å². The molecule has 0 aliphatic carbocycles. The summed E-state index contributed by atoms with van der Waals surface area (Å²) in [7, 11) is 0. The van der Waals surface area contributed by atoms with E-state index >= 15 is 0 Å². The quantitative estimate of drug-likeness (QED) is 0.478. The van der Waals surface area contributed by atoms with Gasteiger partial charge in [-0.15, -0.1) is 0 Å². The number of hydrogen-bond donors (Lipinski definition) is 2. The molecule has 0 atom stereocenters. The lowest BCUT2D eigenvalue weighted by molar-refractivity contribution is -0.149. The molecule has 5 nitrogen and oxygen atoms in total. The number of nitrogens with one attached hydrogen (secondary N) is 1. The van der Waals surface area contributed by atoms with Crippen LogP contribution in [0.25, 0.3) is 0 Å². The van der Waals surface area contributed by atoms with Crippen LogP contribution in [0, 0.1) is 12.3 Å². The highest BCUT2D eigenvalue weighted by Crippen LogP contribution is 2.23. The Morgan fingerprint density at radius 2 is 2.11 bits per heavy atom. The van der Waals surface area contributed by atoms with E-state index in [0.29, 0.717) is 5.69 Å². The van der Waals surface area contributed by atoms with Crippen molar-refractivity contribution in [1.82, 2.24) is 9.97 Å². The summed E-state index contributed by atoms with van der Waals surface area (Å²) in [4.78, 5) is 7.15. The minimum Gasteiger partial charge on any atom is -0.457 e. The predicted octanol–water partition coefficient (Wildman–Crippen LogP) is 1.35. The van der Waals surface area contributed by atoms with Crippen LogP contribution in [0.5, 0.6) is 6.01 Å². The third kappa shape index (κ3) is 3.54. The first-order valence-electron chi connectivity index (χ1n) is 4.71. The molecule has 0 amide bonds. The third-order valence-electron chi connectivity index (χ3n) is 1.82. The molecule has 0 aliphatic rings. The van der Waals surface area contributed by atoms with Crippen LogP contribution < -0.4 is 10.5 Å². The number of nitrogens with two attached hydrogens (primary N) is 1. The van der Waals surface area contributed by atoms with Gasteiger partial charge in [0.25, 0.3) is 0 Å². The number of halogens is 4. The van der Waals surface area contributed by atoms with E-state index in [-0.39, 0.29) is 5.69 Å². The third-order valence-corrected chi connectivity index (χ3v) is 1.82. The van der Waals surface area contributed by atoms with E-state index in [9.17, 15) is 17.6 Å². The van der Waals surface area contributed by atoms with E-state index in [2.05, 4.69) is 14.7 Å². The highest BCUT2D eigenvalue weighted by atomic mass is 19.3. The minimum atomic E-state index is -4.29. The van der Waals surface area contributed by atoms with Crippen LogP contribution >= 0.6 is 0 Å². The lowest BCUT2D eigenvalue weighted by Gasteiger charge is -2.15. The summed E-state index contributed by atoms with van der Waals surface area (Å²) in [5, 5.41) is 7.12. The molecule has 1 heterocycles. The average molecular weight is 266 g/mol. The Morgan fingerprint density at radius 1 is 1.50 bits per heavy atom. The first kappa shape index (κ1) is 14.1. The average Bonchev–Trinajstić information content (AvgIpc) is 2.25. The lowest BCUT2D eigenvalue weighted by atomic mass is 10.3. The van der Waals surface area contributed by atoms with Crippen LogP contribution in [0.4, 0.5) is 17.6 Å². The lowest BCUT2D eigenvalue weighted by Crippen LogP contribution is -2.34. The van der Waals surface area contributed by atoms with Gasteiger partial charge in [0, 0.05) is 5.69 Å². The molecule has 1 aromatic heterocycles. The van der Waals surface area contributed by atoms with Crippen LogP contribution in [-0.4, -0.2) is 34.8 Å². The number of rotatable bonds is 5. The molecule has 9 heteroatoms. The summed E-state index contributed by atoms with van der Waals surface area (Å²) in [6.45, 7) is -0.0578. The molecule has 0 saturated heterocycles. The second-order valence-electron chi connectivity index (χ2n) is 3.44. The van der Waals surface area contributed by atoms with Crippen molar-refractivity contribution in [3.8, 4) is 6.01 Å². The van der Waals surface area contributed by atoms with E-state index in [1.54, 1.807) is 0 Å². The highest BCUT2D eigenvalue weighted by Gasteiger charge is 2.42. The predicted molar refractivity (Wildman–Crippen MR) is 54.2 cm³/mol. The van der Waals surface area contributed by atoms with E-state index in [4.69, 9.17) is 11.1 Å². The number of alkyl halides is 4. The first-order chi connectivity index (χ1) is 8.22. The molecule has 0 saturated carbocycles. The standard InChI is InChI=1S/C9H10F4N4O/c1-4-2-5(6(14)15)17-8(16-4)18-3-9(12,13)7(10)11/h2,7H,3H2,1H3,(H3,14,15). The Balaban J connectivity index is 2.83. The molecule has 0 fully saturated rings. The molecule has 1 aromatic rings. The van der Waals surface area contributed by atoms with E-state index in [1.165, 1.54) is 13.0 Å². The summed E-state index contributed by atoms with van der Waals surface area (Å²) in [6, 6.07) is 0.806. The highest BCUT2D eigenvalue weighted by molar-refractivity contribution is 5.93. The van der Waals surface area contributed by atoms with Gasteiger partial charge in [-0.1, -0.05) is 0 Å². The van der Waals surface area contributed by atoms with Crippen molar-refractivity contribution in [2.75, 3.05) is 6.61 Å². The van der Waals surface area contributed by atoms with Gasteiger partial charge in [0.05, 0.1) is 0 Å². The maximum atomic E-state index is 12.6. The van der Waals surface area contributed by atoms with Gasteiger partial charge in [0.15, 0.2) is 6.61 Å². The zero-order valence-electron chi connectivity index (χ0n) is 9.25.